The van der Waals surface area contributed by atoms with Crippen molar-refractivity contribution in [2.45, 2.75) is 12.3 Å². The van der Waals surface area contributed by atoms with E-state index < -0.39 is 0 Å². The van der Waals surface area contributed by atoms with Gasteiger partial charge in [-0.25, -0.2) is 0 Å². The number of rotatable bonds is 1. The minimum atomic E-state index is 0.0974. The van der Waals surface area contributed by atoms with Crippen molar-refractivity contribution in [3.05, 3.63) is 60.2 Å². The van der Waals surface area contributed by atoms with Crippen LogP contribution in [0.25, 0.3) is 0 Å². The van der Waals surface area contributed by atoms with E-state index in [4.69, 9.17) is 0 Å². The predicted molar refractivity (Wildman–Crippen MR) is 64.1 cm³/mol. The number of carbonyl (C=O) groups excluding carboxylic acids is 1. The van der Waals surface area contributed by atoms with Gasteiger partial charge in [0.2, 0.25) is 0 Å². The lowest BCUT2D eigenvalue weighted by Gasteiger charge is -2.27. The maximum atomic E-state index is 11.7. The van der Waals surface area contributed by atoms with E-state index in [1.54, 1.807) is 6.08 Å². The van der Waals surface area contributed by atoms with Gasteiger partial charge in [-0.1, -0.05) is 48.6 Å². The Bertz CT molecular complexity index is 456. The summed E-state index contributed by atoms with van der Waals surface area (Å²) in [6, 6.07) is 10.5. The predicted octanol–water partition coefficient (Wildman–Crippen LogP) is 3.10. The molecule has 4 rings (SSSR count). The fraction of sp³-hybridized carbons (Fsp3) is 0.267. The third kappa shape index (κ3) is 1.53. The molecule has 1 aromatic rings. The molecule has 0 fully saturated rings. The van der Waals surface area contributed by atoms with Gasteiger partial charge in [-0.3, -0.25) is 4.79 Å². The monoisotopic (exact) mass is 210 g/mol. The van der Waals surface area contributed by atoms with E-state index in [1.807, 2.05) is 6.07 Å². The second-order valence-corrected chi connectivity index (χ2v) is 4.58. The zero-order valence-electron chi connectivity index (χ0n) is 9.04. The Balaban J connectivity index is 1.98. The molecule has 0 spiro atoms. The molecule has 0 radical (unpaired) electrons. The van der Waals surface area contributed by atoms with Crippen LogP contribution in [0.1, 0.15) is 17.9 Å². The van der Waals surface area contributed by atoms with E-state index in [9.17, 15) is 4.79 Å². The first kappa shape index (κ1) is 9.59. The van der Waals surface area contributed by atoms with Crippen molar-refractivity contribution in [2.75, 3.05) is 0 Å². The normalized spacial score (nSPS) is 31.8. The zero-order chi connectivity index (χ0) is 11.0. The lowest BCUT2D eigenvalue weighted by atomic mass is 9.76. The van der Waals surface area contributed by atoms with Crippen molar-refractivity contribution >= 4 is 5.78 Å². The summed E-state index contributed by atoms with van der Waals surface area (Å²) in [7, 11) is 0. The van der Waals surface area contributed by atoms with Crippen molar-refractivity contribution in [3.63, 3.8) is 0 Å². The zero-order valence-corrected chi connectivity index (χ0v) is 9.04. The van der Waals surface area contributed by atoms with E-state index in [0.717, 1.165) is 6.42 Å². The molecule has 80 valence electrons. The highest BCUT2D eigenvalue weighted by molar-refractivity contribution is 5.94. The van der Waals surface area contributed by atoms with Crippen LogP contribution in [0.4, 0.5) is 0 Å². The van der Waals surface area contributed by atoms with Gasteiger partial charge in [0.05, 0.1) is 0 Å². The maximum Gasteiger partial charge on any atom is 0.162 e. The molecule has 1 heteroatoms. The van der Waals surface area contributed by atoms with Crippen molar-refractivity contribution < 1.29 is 4.79 Å². The summed E-state index contributed by atoms with van der Waals surface area (Å²) in [6.45, 7) is 0. The molecule has 0 aliphatic heterocycles. The Kier molecular flexibility index (Phi) is 2.24. The molecule has 3 aliphatic rings. The molecule has 16 heavy (non-hydrogen) atoms. The van der Waals surface area contributed by atoms with E-state index >= 15 is 0 Å². The van der Waals surface area contributed by atoms with Crippen LogP contribution < -0.4 is 0 Å². The van der Waals surface area contributed by atoms with Gasteiger partial charge >= 0.3 is 0 Å². The van der Waals surface area contributed by atoms with Gasteiger partial charge in [-0.15, -0.1) is 0 Å². The minimum absolute atomic E-state index is 0.0974. The third-order valence-corrected chi connectivity index (χ3v) is 3.61. The summed E-state index contributed by atoms with van der Waals surface area (Å²) in [4.78, 5) is 11.7. The fourth-order valence-electron chi connectivity index (χ4n) is 2.70. The number of hydrogen-bond acceptors (Lipinski definition) is 1. The van der Waals surface area contributed by atoms with Crippen LogP contribution >= 0.6 is 0 Å². The summed E-state index contributed by atoms with van der Waals surface area (Å²) >= 11 is 0. The van der Waals surface area contributed by atoms with Crippen LogP contribution in [0.15, 0.2) is 54.6 Å². The average molecular weight is 210 g/mol. The first-order valence-corrected chi connectivity index (χ1v) is 5.80. The Labute approximate surface area is 95.5 Å². The molecule has 3 atom stereocenters. The second-order valence-electron chi connectivity index (χ2n) is 4.58. The van der Waals surface area contributed by atoms with Gasteiger partial charge in [0.1, 0.15) is 0 Å². The number of benzene rings is 1. The van der Waals surface area contributed by atoms with E-state index in [1.165, 1.54) is 5.56 Å². The summed E-state index contributed by atoms with van der Waals surface area (Å²) < 4.78 is 0. The maximum absolute atomic E-state index is 11.7. The third-order valence-electron chi connectivity index (χ3n) is 3.61. The van der Waals surface area contributed by atoms with Crippen LogP contribution in [-0.4, -0.2) is 5.78 Å². The number of carbonyl (C=O) groups is 1. The summed E-state index contributed by atoms with van der Waals surface area (Å²) in [6.07, 6.45) is 9.04. The van der Waals surface area contributed by atoms with Gasteiger partial charge < -0.3 is 0 Å². The average Bonchev–Trinajstić information content (AvgIpc) is 2.62. The second kappa shape index (κ2) is 3.75. The fourth-order valence-corrected chi connectivity index (χ4v) is 2.70. The molecule has 2 bridgehead atoms. The van der Waals surface area contributed by atoms with Gasteiger partial charge in [0, 0.05) is 11.8 Å². The van der Waals surface area contributed by atoms with E-state index in [2.05, 4.69) is 42.5 Å². The molecule has 0 heterocycles. The number of hydrogen-bond donors (Lipinski definition) is 0. The summed E-state index contributed by atoms with van der Waals surface area (Å²) in [5.74, 6) is 1.22. The smallest absolute Gasteiger partial charge is 0.162 e. The quantitative estimate of drug-likeness (QED) is 0.651. The molecular weight excluding hydrogens is 196 g/mol. The Morgan fingerprint density at radius 1 is 1.00 bits per heavy atom. The van der Waals surface area contributed by atoms with Gasteiger partial charge in [0.25, 0.3) is 0 Å². The largest absolute Gasteiger partial charge is 0.294 e. The Morgan fingerprint density at radius 3 is 2.62 bits per heavy atom. The van der Waals surface area contributed by atoms with Crippen LogP contribution in [0.5, 0.6) is 0 Å². The van der Waals surface area contributed by atoms with Crippen LogP contribution in [0.2, 0.25) is 0 Å². The molecule has 0 aromatic heterocycles. The number of allylic oxidation sites excluding steroid dienone is 4. The van der Waals surface area contributed by atoms with Gasteiger partial charge in [-0.2, -0.15) is 0 Å². The number of ketones is 1. The van der Waals surface area contributed by atoms with Gasteiger partial charge in [0.15, 0.2) is 5.78 Å². The van der Waals surface area contributed by atoms with Crippen molar-refractivity contribution in [3.8, 4) is 0 Å². The molecule has 0 unspecified atom stereocenters. The number of fused-ring (bicyclic) bond motifs is 2. The molecule has 1 aromatic carbocycles. The Hall–Kier alpha value is -1.63. The molecular formula is C15H14O. The summed E-state index contributed by atoms with van der Waals surface area (Å²) in [5.41, 5.74) is 1.35. The lowest BCUT2D eigenvalue weighted by molar-refractivity contribution is -0.117. The van der Waals surface area contributed by atoms with Crippen molar-refractivity contribution in [1.82, 2.24) is 0 Å². The van der Waals surface area contributed by atoms with Crippen LogP contribution in [0, 0.1) is 11.8 Å². The van der Waals surface area contributed by atoms with E-state index in [-0.39, 0.29) is 11.7 Å². The standard InChI is InChI=1S/C15H14O/c16-15-9-8-12-6-7-13(15)10-14(12)11-4-2-1-3-5-11/h1-9,12-14H,10H2/t12-,13-,14+/m1/s1. The van der Waals surface area contributed by atoms with Crippen molar-refractivity contribution in [2.24, 2.45) is 11.8 Å². The highest BCUT2D eigenvalue weighted by Crippen LogP contribution is 2.39. The topological polar surface area (TPSA) is 17.1 Å². The SMILES string of the molecule is O=C1C=C[C@H]2C=C[C@@H]1C[C@H]2c1ccccc1. The van der Waals surface area contributed by atoms with E-state index in [0.29, 0.717) is 11.8 Å². The van der Waals surface area contributed by atoms with Crippen LogP contribution in [-0.2, 0) is 4.79 Å². The first-order valence-electron chi connectivity index (χ1n) is 5.80. The highest BCUT2D eigenvalue weighted by atomic mass is 16.1. The Morgan fingerprint density at radius 2 is 1.81 bits per heavy atom. The molecule has 0 saturated heterocycles. The van der Waals surface area contributed by atoms with Crippen LogP contribution in [0.3, 0.4) is 0 Å². The molecule has 3 aliphatic carbocycles. The summed E-state index contributed by atoms with van der Waals surface area (Å²) in [5, 5.41) is 0. The molecule has 0 N–H and O–H groups in total. The lowest BCUT2D eigenvalue weighted by Crippen LogP contribution is -2.18. The first-order chi connectivity index (χ1) is 7.84. The molecule has 1 nitrogen and oxygen atoms in total. The van der Waals surface area contributed by atoms with Crippen molar-refractivity contribution in [1.29, 1.82) is 0 Å². The van der Waals surface area contributed by atoms with Gasteiger partial charge in [-0.05, 0) is 24.0 Å². The minimum Gasteiger partial charge on any atom is -0.294 e. The molecule has 0 amide bonds. The highest BCUT2D eigenvalue weighted by Gasteiger charge is 2.31. The molecule has 0 saturated carbocycles.